The van der Waals surface area contributed by atoms with Gasteiger partial charge in [0.05, 0.1) is 11.1 Å². The number of nitrogens with zero attached hydrogens (tertiary/aromatic N) is 3. The Bertz CT molecular complexity index is 1550. The Hall–Kier alpha value is -4.47. The van der Waals surface area contributed by atoms with E-state index in [9.17, 15) is 32.9 Å². The maximum absolute atomic E-state index is 14.9. The van der Waals surface area contributed by atoms with Crippen molar-refractivity contribution in [2.24, 2.45) is 0 Å². The van der Waals surface area contributed by atoms with Crippen LogP contribution in [-0.2, 0) is 14.5 Å². The van der Waals surface area contributed by atoms with Crippen LogP contribution >= 0.6 is 24.5 Å². The molecule has 0 bridgehead atoms. The lowest BCUT2D eigenvalue weighted by atomic mass is 9.76. The summed E-state index contributed by atoms with van der Waals surface area (Å²) in [5.41, 5.74) is -4.30. The van der Waals surface area contributed by atoms with Crippen LogP contribution in [0, 0.1) is 10.1 Å². The van der Waals surface area contributed by atoms with Crippen LogP contribution in [0.4, 0.5) is 18.9 Å². The Balaban J connectivity index is 1.71. The minimum absolute atomic E-state index is 0.118. The number of para-hydroxylation sites is 1. The quantitative estimate of drug-likeness (QED) is 0.0594. The number of ether oxygens (including phenoxy) is 1. The average Bonchev–Trinajstić information content (AvgIpc) is 2.98. The number of benzene rings is 2. The molecule has 0 aliphatic heterocycles. The Labute approximate surface area is 246 Å². The minimum Gasteiger partial charge on any atom is -0.442 e. The molecule has 1 aliphatic rings. The van der Waals surface area contributed by atoms with Crippen LogP contribution in [0.25, 0.3) is 0 Å². The molecule has 0 saturated carbocycles. The first-order valence-corrected chi connectivity index (χ1v) is 12.5. The van der Waals surface area contributed by atoms with Crippen molar-refractivity contribution < 1.29 is 36.6 Å². The van der Waals surface area contributed by atoms with E-state index in [1.807, 2.05) is 0 Å². The third kappa shape index (κ3) is 5.93. The van der Waals surface area contributed by atoms with Gasteiger partial charge in [-0.15, -0.1) is 0 Å². The van der Waals surface area contributed by atoms with Crippen LogP contribution in [0.3, 0.4) is 0 Å². The summed E-state index contributed by atoms with van der Waals surface area (Å²) in [4.78, 5) is 40.4. The lowest BCUT2D eigenvalue weighted by molar-refractivity contribution is -0.385. The molecule has 1 heterocycles. The zero-order chi connectivity index (χ0) is 30.5. The summed E-state index contributed by atoms with van der Waals surface area (Å²) >= 11 is 10.0. The van der Waals surface area contributed by atoms with Gasteiger partial charge in [-0.3, -0.25) is 24.1 Å². The molecule has 11 nitrogen and oxygen atoms in total. The molecule has 3 atom stereocenters. The van der Waals surface area contributed by atoms with E-state index in [-0.39, 0.29) is 22.5 Å². The fourth-order valence-electron chi connectivity index (χ4n) is 4.10. The molecule has 218 valence electrons. The summed E-state index contributed by atoms with van der Waals surface area (Å²) in [5.74, 6) is -2.22. The fraction of sp³-hybridized carbons (Fsp3) is 0.154. The molecular formula is C26H19ClF3N5O6S. The Kier molecular flexibility index (Phi) is 8.84. The van der Waals surface area contributed by atoms with Gasteiger partial charge in [0.2, 0.25) is 11.2 Å². The molecule has 2 aromatic carbocycles. The topological polar surface area (TPSA) is 146 Å². The fourth-order valence-corrected chi connectivity index (χ4v) is 4.54. The monoisotopic (exact) mass is 621 g/mol. The van der Waals surface area contributed by atoms with Gasteiger partial charge in [-0.25, -0.2) is 9.78 Å². The van der Waals surface area contributed by atoms with Crippen molar-refractivity contribution >= 4 is 42.1 Å². The minimum atomic E-state index is -5.24. The molecule has 0 saturated heterocycles. The number of hydrogen-bond acceptors (Lipinski definition) is 10. The lowest BCUT2D eigenvalue weighted by Crippen LogP contribution is -2.59. The van der Waals surface area contributed by atoms with Gasteiger partial charge in [0.25, 0.3) is 11.6 Å². The lowest BCUT2D eigenvalue weighted by Gasteiger charge is -2.45. The van der Waals surface area contributed by atoms with Crippen LogP contribution in [0.1, 0.15) is 26.4 Å². The van der Waals surface area contributed by atoms with Crippen molar-refractivity contribution in [1.29, 1.82) is 0 Å². The number of carbonyl (C=O) groups is 2. The smallest absolute Gasteiger partial charge is 0.415 e. The number of nitrogens with one attached hydrogen (secondary N) is 2. The van der Waals surface area contributed by atoms with E-state index in [2.05, 4.69) is 33.5 Å². The summed E-state index contributed by atoms with van der Waals surface area (Å²) in [6.07, 6.45) is -0.789. The molecule has 1 amide bonds. The average molecular weight is 622 g/mol. The number of esters is 1. The molecule has 1 aliphatic carbocycles. The molecule has 42 heavy (non-hydrogen) atoms. The second-order valence-corrected chi connectivity index (χ2v) is 9.41. The van der Waals surface area contributed by atoms with Gasteiger partial charge in [0, 0.05) is 29.7 Å². The predicted molar refractivity (Wildman–Crippen MR) is 145 cm³/mol. The van der Waals surface area contributed by atoms with Crippen LogP contribution in [0.2, 0.25) is 0 Å². The van der Waals surface area contributed by atoms with Gasteiger partial charge in [0.15, 0.2) is 11.3 Å². The van der Waals surface area contributed by atoms with Crippen LogP contribution in [0.5, 0.6) is 0 Å². The Morgan fingerprint density at radius 2 is 1.79 bits per heavy atom. The van der Waals surface area contributed by atoms with Crippen molar-refractivity contribution in [3.8, 4) is 0 Å². The van der Waals surface area contributed by atoms with Crippen LogP contribution in [0.15, 0.2) is 97.1 Å². The molecule has 0 fully saturated rings. The molecule has 2 N–H and O–H groups in total. The summed E-state index contributed by atoms with van der Waals surface area (Å²) < 4.78 is 54.9. The number of rotatable bonds is 9. The van der Waals surface area contributed by atoms with Crippen molar-refractivity contribution in [2.75, 3.05) is 0 Å². The van der Waals surface area contributed by atoms with E-state index < -0.39 is 45.5 Å². The Morgan fingerprint density at radius 1 is 1.10 bits per heavy atom. The van der Waals surface area contributed by atoms with E-state index in [4.69, 9.17) is 20.5 Å². The van der Waals surface area contributed by atoms with Crippen LogP contribution in [-0.4, -0.2) is 44.2 Å². The van der Waals surface area contributed by atoms with Crippen molar-refractivity contribution in [3.63, 3.8) is 0 Å². The van der Waals surface area contributed by atoms with E-state index in [1.54, 1.807) is 6.07 Å². The largest absolute Gasteiger partial charge is 0.442 e. The van der Waals surface area contributed by atoms with E-state index in [0.29, 0.717) is 6.08 Å². The number of nitro groups is 1. The molecule has 0 radical (unpaired) electrons. The molecule has 3 unspecified atom stereocenters. The normalized spacial score (nSPS) is 20.6. The van der Waals surface area contributed by atoms with Crippen molar-refractivity contribution in [1.82, 2.24) is 20.6 Å². The van der Waals surface area contributed by atoms with Crippen molar-refractivity contribution in [2.45, 2.75) is 23.0 Å². The molecule has 1 aromatic heterocycles. The second kappa shape index (κ2) is 12.2. The summed E-state index contributed by atoms with van der Waals surface area (Å²) in [5, 5.41) is 16.0. The van der Waals surface area contributed by atoms with Gasteiger partial charge in [-0.05, 0) is 37.2 Å². The number of allylic oxidation sites excluding steroid dienone is 1. The van der Waals surface area contributed by atoms with E-state index >= 15 is 0 Å². The first-order valence-electron chi connectivity index (χ1n) is 11.8. The number of carbonyl (C=O) groups excluding carboxylic acids is 2. The van der Waals surface area contributed by atoms with Gasteiger partial charge in [0.1, 0.15) is 5.56 Å². The number of nitro benzene ring substituents is 1. The predicted octanol–water partition coefficient (Wildman–Crippen LogP) is 4.60. The summed E-state index contributed by atoms with van der Waals surface area (Å²) in [6.45, 7) is 0. The van der Waals surface area contributed by atoms with Gasteiger partial charge in [-0.1, -0.05) is 54.1 Å². The van der Waals surface area contributed by atoms with Crippen LogP contribution < -0.4 is 10.6 Å². The van der Waals surface area contributed by atoms with Gasteiger partial charge >= 0.3 is 12.1 Å². The first kappa shape index (κ1) is 30.5. The number of hydrogen-bond donors (Lipinski definition) is 3. The highest BCUT2D eigenvalue weighted by Gasteiger charge is 2.68. The highest BCUT2D eigenvalue weighted by Crippen LogP contribution is 2.55. The SMILES string of the molecule is O=C(OC1(c2ccccc2)C=CC(NC(NC(=O)c2ccccc2[N+](=O)[O-])OS)=CC1(Cl)C(F)(F)F)c1cnccn1. The van der Waals surface area contributed by atoms with Gasteiger partial charge < -0.3 is 15.4 Å². The summed E-state index contributed by atoms with van der Waals surface area (Å²) in [6, 6.07) is 12.0. The standard InChI is InChI=1S/C26H19ClF3N5O6S/c27-25(26(28,29)30)14-17(33-23(41-42)34-21(36)18-8-4-5-9-20(18)35(38)39)10-11-24(25,16-6-2-1-3-7-16)40-22(37)19-15-31-12-13-32-19/h1-15,23,33,42H,(H,34,36). The van der Waals surface area contributed by atoms with E-state index in [0.717, 1.165) is 30.6 Å². The maximum atomic E-state index is 14.9. The second-order valence-electron chi connectivity index (χ2n) is 8.60. The molecule has 0 spiro atoms. The number of halogens is 4. The van der Waals surface area contributed by atoms with Gasteiger partial charge in [-0.2, -0.15) is 13.2 Å². The maximum Gasteiger partial charge on any atom is 0.415 e. The third-order valence-corrected chi connectivity index (χ3v) is 6.86. The highest BCUT2D eigenvalue weighted by atomic mass is 35.5. The number of aromatic nitrogens is 2. The zero-order valence-corrected chi connectivity index (χ0v) is 22.6. The first-order chi connectivity index (χ1) is 19.9. The number of amides is 1. The molecule has 16 heteroatoms. The number of thiol groups is 1. The molecule has 4 rings (SSSR count). The molecule has 3 aromatic rings. The number of alkyl halides is 4. The summed E-state index contributed by atoms with van der Waals surface area (Å²) in [7, 11) is 0. The Morgan fingerprint density at radius 3 is 2.40 bits per heavy atom. The third-order valence-electron chi connectivity index (χ3n) is 6.04. The molecular weight excluding hydrogens is 603 g/mol. The highest BCUT2D eigenvalue weighted by molar-refractivity contribution is 7.75. The zero-order valence-electron chi connectivity index (χ0n) is 21.0. The van der Waals surface area contributed by atoms with Crippen molar-refractivity contribution in [3.05, 3.63) is 124 Å². The van der Waals surface area contributed by atoms with E-state index in [1.165, 1.54) is 48.7 Å².